The molecule has 1 aromatic rings. The maximum Gasteiger partial charge on any atom is 0.0874 e. The van der Waals surface area contributed by atoms with Crippen molar-refractivity contribution in [1.29, 1.82) is 0 Å². The summed E-state index contributed by atoms with van der Waals surface area (Å²) in [5.41, 5.74) is 7.69. The molecule has 2 rings (SSSR count). The lowest BCUT2D eigenvalue weighted by molar-refractivity contribution is -0.100. The Labute approximate surface area is 127 Å². The molecule has 1 saturated carbocycles. The lowest BCUT2D eigenvalue weighted by atomic mass is 9.67. The molecule has 0 aliphatic heterocycles. The summed E-state index contributed by atoms with van der Waals surface area (Å²) in [6.07, 6.45) is 4.29. The predicted molar refractivity (Wildman–Crippen MR) is 85.0 cm³/mol. The van der Waals surface area contributed by atoms with Gasteiger partial charge in [-0.3, -0.25) is 0 Å². The molecule has 0 radical (unpaired) electrons. The van der Waals surface area contributed by atoms with E-state index in [-0.39, 0.29) is 11.6 Å². The van der Waals surface area contributed by atoms with Crippen LogP contribution in [0, 0.1) is 5.41 Å². The van der Waals surface area contributed by atoms with Crippen LogP contribution >= 0.6 is 11.6 Å². The SMILES string of the molecule is CCOC1(C(N)c2ccccc2Cl)CCC(C)(C)CC1. The maximum absolute atomic E-state index is 6.57. The van der Waals surface area contributed by atoms with Crippen LogP contribution < -0.4 is 5.73 Å². The van der Waals surface area contributed by atoms with Crippen molar-refractivity contribution >= 4 is 11.6 Å². The molecule has 2 nitrogen and oxygen atoms in total. The van der Waals surface area contributed by atoms with Crippen molar-refractivity contribution in [3.05, 3.63) is 34.9 Å². The molecule has 0 amide bonds. The molecule has 1 fully saturated rings. The van der Waals surface area contributed by atoms with Gasteiger partial charge in [0, 0.05) is 11.6 Å². The third-order valence-electron chi connectivity index (χ3n) is 4.69. The highest BCUT2D eigenvalue weighted by molar-refractivity contribution is 6.31. The Balaban J connectivity index is 2.27. The van der Waals surface area contributed by atoms with Gasteiger partial charge >= 0.3 is 0 Å². The zero-order chi connectivity index (χ0) is 14.8. The fourth-order valence-electron chi connectivity index (χ4n) is 3.19. The number of hydrogen-bond acceptors (Lipinski definition) is 2. The smallest absolute Gasteiger partial charge is 0.0874 e. The van der Waals surface area contributed by atoms with E-state index in [1.165, 1.54) is 0 Å². The molecule has 0 heterocycles. The van der Waals surface area contributed by atoms with Gasteiger partial charge in [-0.05, 0) is 49.7 Å². The van der Waals surface area contributed by atoms with Crippen molar-refractivity contribution in [2.45, 2.75) is 58.1 Å². The molecule has 1 aliphatic carbocycles. The standard InChI is InChI=1S/C17H26ClNO/c1-4-20-17(11-9-16(2,3)10-12-17)15(19)13-7-5-6-8-14(13)18/h5-8,15H,4,9-12,19H2,1-3H3. The van der Waals surface area contributed by atoms with Crippen LogP contribution in [-0.2, 0) is 4.74 Å². The Morgan fingerprint density at radius 1 is 1.20 bits per heavy atom. The fourth-order valence-corrected chi connectivity index (χ4v) is 3.45. The average molecular weight is 296 g/mol. The molecule has 0 bridgehead atoms. The summed E-state index contributed by atoms with van der Waals surface area (Å²) in [6.45, 7) is 7.38. The zero-order valence-corrected chi connectivity index (χ0v) is 13.5. The van der Waals surface area contributed by atoms with Gasteiger partial charge in [-0.1, -0.05) is 43.6 Å². The Bertz CT molecular complexity index is 448. The molecule has 0 saturated heterocycles. The summed E-state index contributed by atoms with van der Waals surface area (Å²) in [7, 11) is 0. The molecule has 1 unspecified atom stereocenters. The highest BCUT2D eigenvalue weighted by atomic mass is 35.5. The summed E-state index contributed by atoms with van der Waals surface area (Å²) in [4.78, 5) is 0. The summed E-state index contributed by atoms with van der Waals surface area (Å²) in [6, 6.07) is 7.70. The van der Waals surface area contributed by atoms with E-state index in [4.69, 9.17) is 22.1 Å². The van der Waals surface area contributed by atoms with Crippen molar-refractivity contribution in [3.63, 3.8) is 0 Å². The van der Waals surface area contributed by atoms with E-state index in [2.05, 4.69) is 13.8 Å². The molecule has 0 spiro atoms. The first-order chi connectivity index (χ1) is 9.40. The summed E-state index contributed by atoms with van der Waals surface area (Å²) < 4.78 is 6.15. The van der Waals surface area contributed by atoms with Crippen molar-refractivity contribution in [3.8, 4) is 0 Å². The van der Waals surface area contributed by atoms with Gasteiger partial charge in [0.05, 0.1) is 11.6 Å². The highest BCUT2D eigenvalue weighted by Crippen LogP contribution is 2.47. The second-order valence-corrected chi connectivity index (χ2v) is 7.07. The predicted octanol–water partition coefficient (Wildman–Crippen LogP) is 4.72. The average Bonchev–Trinajstić information content (AvgIpc) is 2.42. The van der Waals surface area contributed by atoms with E-state index in [9.17, 15) is 0 Å². The Morgan fingerprint density at radius 3 is 2.35 bits per heavy atom. The van der Waals surface area contributed by atoms with E-state index >= 15 is 0 Å². The fraction of sp³-hybridized carbons (Fsp3) is 0.647. The lowest BCUT2D eigenvalue weighted by Gasteiger charge is -2.46. The van der Waals surface area contributed by atoms with Crippen LogP contribution in [0.15, 0.2) is 24.3 Å². The topological polar surface area (TPSA) is 35.2 Å². The minimum absolute atomic E-state index is 0.160. The highest BCUT2D eigenvalue weighted by Gasteiger charge is 2.44. The lowest BCUT2D eigenvalue weighted by Crippen LogP contribution is -2.48. The molecule has 2 N–H and O–H groups in total. The number of hydrogen-bond donors (Lipinski definition) is 1. The maximum atomic E-state index is 6.57. The van der Waals surface area contributed by atoms with Gasteiger partial charge in [0.25, 0.3) is 0 Å². The second kappa shape index (κ2) is 6.05. The normalized spacial score (nSPS) is 22.4. The quantitative estimate of drug-likeness (QED) is 0.872. The second-order valence-electron chi connectivity index (χ2n) is 6.66. The van der Waals surface area contributed by atoms with Crippen LogP contribution in [0.1, 0.15) is 58.1 Å². The van der Waals surface area contributed by atoms with Crippen LogP contribution in [0.2, 0.25) is 5.02 Å². The molecule has 0 aromatic heterocycles. The number of halogens is 1. The van der Waals surface area contributed by atoms with Gasteiger partial charge in [-0.15, -0.1) is 0 Å². The van der Waals surface area contributed by atoms with E-state index in [0.29, 0.717) is 12.0 Å². The van der Waals surface area contributed by atoms with E-state index in [1.807, 2.05) is 31.2 Å². The van der Waals surface area contributed by atoms with E-state index in [0.717, 1.165) is 36.3 Å². The first kappa shape index (κ1) is 15.8. The van der Waals surface area contributed by atoms with Crippen molar-refractivity contribution in [2.24, 2.45) is 11.1 Å². The molecule has 1 atom stereocenters. The molecular formula is C17H26ClNO. The monoisotopic (exact) mass is 295 g/mol. The van der Waals surface area contributed by atoms with Gasteiger partial charge in [-0.25, -0.2) is 0 Å². The number of ether oxygens (including phenoxy) is 1. The number of nitrogens with two attached hydrogens (primary N) is 1. The summed E-state index contributed by atoms with van der Waals surface area (Å²) >= 11 is 6.32. The molecule has 1 aromatic carbocycles. The van der Waals surface area contributed by atoms with Gasteiger partial charge in [-0.2, -0.15) is 0 Å². The summed E-state index contributed by atoms with van der Waals surface area (Å²) in [5.74, 6) is 0. The molecule has 1 aliphatic rings. The van der Waals surface area contributed by atoms with Crippen LogP contribution in [0.4, 0.5) is 0 Å². The molecular weight excluding hydrogens is 270 g/mol. The van der Waals surface area contributed by atoms with Crippen molar-refractivity contribution < 1.29 is 4.74 Å². The number of benzene rings is 1. The van der Waals surface area contributed by atoms with Gasteiger partial charge in [0.15, 0.2) is 0 Å². The van der Waals surface area contributed by atoms with E-state index < -0.39 is 0 Å². The largest absolute Gasteiger partial charge is 0.373 e. The zero-order valence-electron chi connectivity index (χ0n) is 12.8. The number of rotatable bonds is 4. The summed E-state index contributed by atoms with van der Waals surface area (Å²) in [5, 5.41) is 0.740. The Kier molecular flexibility index (Phi) is 4.78. The van der Waals surface area contributed by atoms with Crippen LogP contribution in [0.5, 0.6) is 0 Å². The van der Waals surface area contributed by atoms with Crippen molar-refractivity contribution in [2.75, 3.05) is 6.61 Å². The van der Waals surface area contributed by atoms with Gasteiger partial charge < -0.3 is 10.5 Å². The first-order valence-corrected chi connectivity index (χ1v) is 7.92. The Morgan fingerprint density at radius 2 is 1.80 bits per heavy atom. The van der Waals surface area contributed by atoms with Crippen LogP contribution in [0.3, 0.4) is 0 Å². The molecule has 3 heteroatoms. The third kappa shape index (κ3) is 3.19. The minimum Gasteiger partial charge on any atom is -0.373 e. The molecule has 20 heavy (non-hydrogen) atoms. The Hall–Kier alpha value is -0.570. The molecule has 112 valence electrons. The van der Waals surface area contributed by atoms with Crippen molar-refractivity contribution in [1.82, 2.24) is 0 Å². The van der Waals surface area contributed by atoms with Crippen LogP contribution in [0.25, 0.3) is 0 Å². The third-order valence-corrected chi connectivity index (χ3v) is 5.03. The van der Waals surface area contributed by atoms with Gasteiger partial charge in [0.1, 0.15) is 0 Å². The van der Waals surface area contributed by atoms with Gasteiger partial charge in [0.2, 0.25) is 0 Å². The first-order valence-electron chi connectivity index (χ1n) is 7.54. The van der Waals surface area contributed by atoms with E-state index in [1.54, 1.807) is 0 Å². The van der Waals surface area contributed by atoms with Crippen LogP contribution in [-0.4, -0.2) is 12.2 Å². The minimum atomic E-state index is -0.269.